The van der Waals surface area contributed by atoms with Crippen molar-refractivity contribution in [2.24, 2.45) is 5.41 Å². The first-order valence-corrected chi connectivity index (χ1v) is 18.6. The summed E-state index contributed by atoms with van der Waals surface area (Å²) in [4.78, 5) is 84.8. The summed E-state index contributed by atoms with van der Waals surface area (Å²) < 4.78 is 23.9. The number of carbonyl (C=O) groups excluding carboxylic acids is 4. The van der Waals surface area contributed by atoms with Gasteiger partial charge in [-0.15, -0.1) is 0 Å². The van der Waals surface area contributed by atoms with Crippen LogP contribution in [-0.4, -0.2) is 67.1 Å². The van der Waals surface area contributed by atoms with Crippen molar-refractivity contribution in [3.8, 4) is 0 Å². The summed E-state index contributed by atoms with van der Waals surface area (Å²) in [5.41, 5.74) is -1.65. The first kappa shape index (κ1) is 40.6. The van der Waals surface area contributed by atoms with Crippen LogP contribution in [-0.2, 0) is 51.8 Å². The Kier molecular flexibility index (Phi) is 12.7. The molecule has 2 bridgehead atoms. The molecular weight excluding hydrogens is 674 g/mol. The first-order valence-electron chi connectivity index (χ1n) is 18.6. The van der Waals surface area contributed by atoms with Gasteiger partial charge in [-0.1, -0.05) is 13.8 Å². The summed E-state index contributed by atoms with van der Waals surface area (Å²) in [6.45, 7) is 14.3. The largest absolute Gasteiger partial charge is 0.458 e. The van der Waals surface area contributed by atoms with Crippen LogP contribution < -0.4 is 16.6 Å². The predicted molar refractivity (Wildman–Crippen MR) is 192 cm³/mol. The third-order valence-electron chi connectivity index (χ3n) is 9.98. The van der Waals surface area contributed by atoms with Gasteiger partial charge in [0.1, 0.15) is 28.6 Å². The molecule has 2 aromatic rings. The highest BCUT2D eigenvalue weighted by Gasteiger charge is 2.51. The summed E-state index contributed by atoms with van der Waals surface area (Å²) in [5, 5.41) is 2.46. The van der Waals surface area contributed by atoms with Crippen LogP contribution in [0.1, 0.15) is 138 Å². The fraction of sp³-hybridized carbons (Fsp3) is 0.757. The molecule has 15 heteroatoms. The van der Waals surface area contributed by atoms with Crippen LogP contribution in [0.4, 0.5) is 4.79 Å². The lowest BCUT2D eigenvalue weighted by atomic mass is 9.52. The van der Waals surface area contributed by atoms with E-state index in [0.29, 0.717) is 37.1 Å². The van der Waals surface area contributed by atoms with E-state index in [2.05, 4.69) is 10.3 Å². The number of ether oxygens (including phenoxy) is 4. The van der Waals surface area contributed by atoms with E-state index in [1.807, 2.05) is 13.8 Å². The second-order valence-electron chi connectivity index (χ2n) is 16.4. The average Bonchev–Trinajstić information content (AvgIpc) is 3.52. The van der Waals surface area contributed by atoms with Gasteiger partial charge in [0.25, 0.3) is 5.56 Å². The van der Waals surface area contributed by atoms with Crippen LogP contribution in [0.5, 0.6) is 0 Å². The SMILES string of the molecule is CCCn1c(=O)c2[nH]c(C34CCC(CCC(=O)OCOC(=O)CCC(NC(=O)OC(C)(C)C)C(=O)OC(C)(C)C)(CC3)CC4)nc2n(CCC)c1=O. The molecule has 0 spiro atoms. The zero-order valence-electron chi connectivity index (χ0n) is 32.1. The minimum Gasteiger partial charge on any atom is -0.458 e. The molecule has 3 aliphatic carbocycles. The highest BCUT2D eigenvalue weighted by Crippen LogP contribution is 2.59. The molecule has 2 aromatic heterocycles. The number of aryl methyl sites for hydroxylation is 1. The summed E-state index contributed by atoms with van der Waals surface area (Å²) in [6.07, 6.45) is 6.31. The van der Waals surface area contributed by atoms with Gasteiger partial charge in [-0.2, -0.15) is 0 Å². The number of aromatic amines is 1. The molecule has 52 heavy (non-hydrogen) atoms. The lowest BCUT2D eigenvalue weighted by molar-refractivity contribution is -0.168. The Morgan fingerprint density at radius 2 is 1.38 bits per heavy atom. The van der Waals surface area contributed by atoms with E-state index < -0.39 is 48.0 Å². The van der Waals surface area contributed by atoms with Crippen LogP contribution in [0.25, 0.3) is 11.2 Å². The number of H-pyrrole nitrogens is 1. The number of hydrogen-bond acceptors (Lipinski definition) is 11. The molecule has 0 aliphatic heterocycles. The van der Waals surface area contributed by atoms with Gasteiger partial charge in [0.15, 0.2) is 5.65 Å². The van der Waals surface area contributed by atoms with Crippen molar-refractivity contribution in [2.45, 2.75) is 168 Å². The van der Waals surface area contributed by atoms with Gasteiger partial charge < -0.3 is 29.2 Å². The van der Waals surface area contributed by atoms with E-state index in [-0.39, 0.29) is 41.3 Å². The topological polar surface area (TPSA) is 190 Å². The molecule has 0 radical (unpaired) electrons. The average molecular weight is 732 g/mol. The van der Waals surface area contributed by atoms with Crippen molar-refractivity contribution >= 4 is 35.2 Å². The van der Waals surface area contributed by atoms with Crippen molar-refractivity contribution < 1.29 is 38.1 Å². The lowest BCUT2D eigenvalue weighted by Crippen LogP contribution is -2.46. The number of aromatic nitrogens is 4. The second kappa shape index (κ2) is 16.2. The van der Waals surface area contributed by atoms with Gasteiger partial charge in [-0.05, 0) is 111 Å². The Morgan fingerprint density at radius 3 is 1.94 bits per heavy atom. The van der Waals surface area contributed by atoms with E-state index >= 15 is 0 Å². The molecule has 3 fully saturated rings. The number of imidazole rings is 1. The Bertz CT molecular complexity index is 1720. The van der Waals surface area contributed by atoms with Gasteiger partial charge in [0.2, 0.25) is 6.79 Å². The van der Waals surface area contributed by atoms with E-state index in [9.17, 15) is 28.8 Å². The van der Waals surface area contributed by atoms with Crippen LogP contribution in [0, 0.1) is 5.41 Å². The maximum absolute atomic E-state index is 13.3. The maximum Gasteiger partial charge on any atom is 0.408 e. The Morgan fingerprint density at radius 1 is 0.827 bits per heavy atom. The second-order valence-corrected chi connectivity index (χ2v) is 16.4. The number of hydrogen-bond donors (Lipinski definition) is 2. The molecule has 1 atom stereocenters. The summed E-state index contributed by atoms with van der Waals surface area (Å²) in [5.74, 6) is -1.13. The third-order valence-corrected chi connectivity index (χ3v) is 9.98. The molecule has 3 saturated carbocycles. The highest BCUT2D eigenvalue weighted by atomic mass is 16.7. The minimum atomic E-state index is -1.15. The molecule has 2 heterocycles. The molecule has 5 rings (SSSR count). The van der Waals surface area contributed by atoms with E-state index in [4.69, 9.17) is 23.9 Å². The molecule has 15 nitrogen and oxygen atoms in total. The molecule has 2 N–H and O–H groups in total. The van der Waals surface area contributed by atoms with Gasteiger partial charge >= 0.3 is 29.7 Å². The van der Waals surface area contributed by atoms with Crippen molar-refractivity contribution in [1.29, 1.82) is 0 Å². The standard InChI is InChI=1S/C37H57N5O10/c1-9-21-41-28-27(29(45)42(22-10-2)33(41)48)39-31(40-28)37-18-15-36(16-19-37,17-20-37)14-13-26(44)50-23-49-25(43)12-11-24(30(46)51-34(3,4)5)38-32(47)52-35(6,7)8/h24H,9-23H2,1-8H3,(H,38,47)(H,39,40). The molecule has 290 valence electrons. The number of nitrogens with one attached hydrogen (secondary N) is 2. The monoisotopic (exact) mass is 731 g/mol. The number of nitrogens with zero attached hydrogens (tertiary/aromatic N) is 3. The predicted octanol–water partition coefficient (Wildman–Crippen LogP) is 5.14. The molecule has 1 amide bonds. The molecule has 1 unspecified atom stereocenters. The van der Waals surface area contributed by atoms with Crippen LogP contribution in [0.15, 0.2) is 9.59 Å². The summed E-state index contributed by atoms with van der Waals surface area (Å²) in [7, 11) is 0. The number of rotatable bonds is 15. The van der Waals surface area contributed by atoms with Crippen molar-refractivity contribution in [1.82, 2.24) is 24.4 Å². The number of carbonyl (C=O) groups is 4. The van der Waals surface area contributed by atoms with E-state index in [1.54, 1.807) is 46.1 Å². The van der Waals surface area contributed by atoms with E-state index in [0.717, 1.165) is 50.8 Å². The number of amides is 1. The number of alkyl carbamates (subject to hydrolysis) is 1. The minimum absolute atomic E-state index is 0.0145. The maximum atomic E-state index is 13.3. The third kappa shape index (κ3) is 10.0. The zero-order valence-corrected chi connectivity index (χ0v) is 32.1. The van der Waals surface area contributed by atoms with Crippen molar-refractivity contribution in [3.63, 3.8) is 0 Å². The van der Waals surface area contributed by atoms with Crippen LogP contribution in [0.2, 0.25) is 0 Å². The fourth-order valence-corrected chi connectivity index (χ4v) is 7.26. The van der Waals surface area contributed by atoms with Gasteiger partial charge in [-0.3, -0.25) is 23.5 Å². The van der Waals surface area contributed by atoms with Crippen LogP contribution in [0.3, 0.4) is 0 Å². The van der Waals surface area contributed by atoms with Crippen molar-refractivity contribution in [3.05, 3.63) is 26.7 Å². The molecule has 3 aliphatic rings. The van der Waals surface area contributed by atoms with Gasteiger partial charge in [0, 0.05) is 31.3 Å². The normalized spacial score (nSPS) is 20.7. The highest BCUT2D eigenvalue weighted by molar-refractivity contribution is 5.82. The van der Waals surface area contributed by atoms with Gasteiger partial charge in [-0.25, -0.2) is 19.4 Å². The van der Waals surface area contributed by atoms with Crippen molar-refractivity contribution in [2.75, 3.05) is 6.79 Å². The number of fused-ring (bicyclic) bond motifs is 4. The quantitative estimate of drug-likeness (QED) is 0.140. The number of esters is 3. The lowest BCUT2D eigenvalue weighted by Gasteiger charge is -2.52. The van der Waals surface area contributed by atoms with Crippen LogP contribution >= 0.6 is 0 Å². The fourth-order valence-electron chi connectivity index (χ4n) is 7.26. The first-order chi connectivity index (χ1) is 24.3. The smallest absolute Gasteiger partial charge is 0.408 e. The molecule has 0 saturated heterocycles. The Hall–Kier alpha value is -4.17. The molecule has 0 aromatic carbocycles. The summed E-state index contributed by atoms with van der Waals surface area (Å²) in [6, 6.07) is -1.15. The Labute approximate surface area is 304 Å². The molecular formula is C37H57N5O10. The zero-order chi connectivity index (χ0) is 38.5. The van der Waals surface area contributed by atoms with Gasteiger partial charge in [0.05, 0.1) is 0 Å². The summed E-state index contributed by atoms with van der Waals surface area (Å²) >= 11 is 0. The van der Waals surface area contributed by atoms with E-state index in [1.165, 1.54) is 4.57 Å². The Balaban J connectivity index is 1.26.